The number of alkyl carbamates (subject to hydrolysis) is 1. The first kappa shape index (κ1) is 8.11. The van der Waals surface area contributed by atoms with Crippen LogP contribution in [0, 0.1) is 0 Å². The molecule has 1 atom stereocenters. The van der Waals surface area contributed by atoms with Crippen LogP contribution >= 0.6 is 0 Å². The molecule has 0 radical (unpaired) electrons. The monoisotopic (exact) mass is 155 g/mol. The molecule has 1 N–H and O–H groups in total. The minimum atomic E-state index is -0.398. The van der Waals surface area contributed by atoms with Gasteiger partial charge in [-0.2, -0.15) is 0 Å². The van der Waals surface area contributed by atoms with E-state index in [0.29, 0.717) is 0 Å². The Hall–Kier alpha value is -0.990. The van der Waals surface area contributed by atoms with Gasteiger partial charge in [0.2, 0.25) is 0 Å². The average molecular weight is 155 g/mol. The van der Waals surface area contributed by atoms with Crippen molar-refractivity contribution in [2.45, 2.75) is 31.9 Å². The molecule has 1 aliphatic heterocycles. The smallest absolute Gasteiger partial charge is 0.408 e. The van der Waals surface area contributed by atoms with Crippen molar-refractivity contribution in [3.63, 3.8) is 0 Å². The standard InChI is InChI=1S/C8H13NO2/c1-4-5-6-8(2,3)11-7(10)9-6/h4,6H,1,5H2,2-3H3,(H,9,10). The van der Waals surface area contributed by atoms with Gasteiger partial charge in [-0.25, -0.2) is 4.79 Å². The predicted octanol–water partition coefficient (Wildman–Crippen LogP) is 1.45. The fraction of sp³-hybridized carbons (Fsp3) is 0.625. The minimum Gasteiger partial charge on any atom is -0.441 e. The molecular weight excluding hydrogens is 142 g/mol. The van der Waals surface area contributed by atoms with E-state index in [1.807, 2.05) is 13.8 Å². The molecule has 1 unspecified atom stereocenters. The molecule has 0 bridgehead atoms. The van der Waals surface area contributed by atoms with E-state index in [2.05, 4.69) is 11.9 Å². The van der Waals surface area contributed by atoms with E-state index in [0.717, 1.165) is 6.42 Å². The lowest BCUT2D eigenvalue weighted by Crippen LogP contribution is -2.37. The summed E-state index contributed by atoms with van der Waals surface area (Å²) in [5.41, 5.74) is -0.398. The molecule has 0 saturated carbocycles. The van der Waals surface area contributed by atoms with E-state index >= 15 is 0 Å². The van der Waals surface area contributed by atoms with Crippen molar-refractivity contribution >= 4 is 6.09 Å². The molecule has 0 spiro atoms. The molecule has 1 heterocycles. The van der Waals surface area contributed by atoms with Crippen molar-refractivity contribution in [2.75, 3.05) is 0 Å². The maximum Gasteiger partial charge on any atom is 0.408 e. The van der Waals surface area contributed by atoms with E-state index in [1.165, 1.54) is 0 Å². The highest BCUT2D eigenvalue weighted by Crippen LogP contribution is 2.23. The maximum atomic E-state index is 10.8. The van der Waals surface area contributed by atoms with Crippen LogP contribution < -0.4 is 5.32 Å². The second kappa shape index (κ2) is 2.57. The van der Waals surface area contributed by atoms with Crippen LogP contribution in [0.2, 0.25) is 0 Å². The summed E-state index contributed by atoms with van der Waals surface area (Å²) in [6.45, 7) is 7.38. The van der Waals surface area contributed by atoms with Crippen molar-refractivity contribution in [1.82, 2.24) is 5.32 Å². The summed E-state index contributed by atoms with van der Waals surface area (Å²) in [6.07, 6.45) is 2.20. The number of hydrogen-bond donors (Lipinski definition) is 1. The van der Waals surface area contributed by atoms with Crippen molar-refractivity contribution in [3.05, 3.63) is 12.7 Å². The molecule has 0 aliphatic carbocycles. The van der Waals surface area contributed by atoms with Gasteiger partial charge < -0.3 is 10.1 Å². The topological polar surface area (TPSA) is 38.3 Å². The van der Waals surface area contributed by atoms with E-state index in [4.69, 9.17) is 4.74 Å². The van der Waals surface area contributed by atoms with E-state index in [1.54, 1.807) is 6.08 Å². The highest BCUT2D eigenvalue weighted by atomic mass is 16.6. The van der Waals surface area contributed by atoms with Gasteiger partial charge in [0.15, 0.2) is 0 Å². The van der Waals surface area contributed by atoms with Crippen molar-refractivity contribution in [3.8, 4) is 0 Å². The highest BCUT2D eigenvalue weighted by molar-refractivity contribution is 5.71. The Kier molecular flexibility index (Phi) is 1.89. The molecule has 1 saturated heterocycles. The SMILES string of the molecule is C=CCC1NC(=O)OC1(C)C. The molecule has 0 aromatic carbocycles. The number of cyclic esters (lactones) is 1. The van der Waals surface area contributed by atoms with Crippen LogP contribution in [0.25, 0.3) is 0 Å². The number of carbonyl (C=O) groups is 1. The van der Waals surface area contributed by atoms with Gasteiger partial charge in [0.05, 0.1) is 6.04 Å². The molecule has 0 aromatic heterocycles. The number of ether oxygens (including phenoxy) is 1. The number of rotatable bonds is 2. The lowest BCUT2D eigenvalue weighted by molar-refractivity contribution is 0.0690. The van der Waals surface area contributed by atoms with Crippen molar-refractivity contribution in [1.29, 1.82) is 0 Å². The first-order valence-electron chi connectivity index (χ1n) is 3.66. The van der Waals surface area contributed by atoms with Gasteiger partial charge >= 0.3 is 6.09 Å². The number of carbonyl (C=O) groups excluding carboxylic acids is 1. The summed E-state index contributed by atoms with van der Waals surface area (Å²) in [5, 5.41) is 2.71. The first-order valence-corrected chi connectivity index (χ1v) is 3.66. The van der Waals surface area contributed by atoms with Crippen LogP contribution in [0.1, 0.15) is 20.3 Å². The van der Waals surface area contributed by atoms with Gasteiger partial charge in [-0.05, 0) is 20.3 Å². The molecule has 62 valence electrons. The lowest BCUT2D eigenvalue weighted by Gasteiger charge is -2.21. The Labute approximate surface area is 66.4 Å². The van der Waals surface area contributed by atoms with Crippen LogP contribution in [-0.4, -0.2) is 17.7 Å². The summed E-state index contributed by atoms with van der Waals surface area (Å²) in [7, 11) is 0. The average Bonchev–Trinajstić information content (AvgIpc) is 2.07. The highest BCUT2D eigenvalue weighted by Gasteiger charge is 2.40. The Morgan fingerprint density at radius 2 is 2.45 bits per heavy atom. The van der Waals surface area contributed by atoms with E-state index in [-0.39, 0.29) is 12.1 Å². The van der Waals surface area contributed by atoms with Crippen LogP contribution in [0.3, 0.4) is 0 Å². The molecule has 1 rings (SSSR count). The summed E-state index contributed by atoms with van der Waals surface area (Å²) >= 11 is 0. The van der Waals surface area contributed by atoms with E-state index in [9.17, 15) is 4.79 Å². The van der Waals surface area contributed by atoms with Crippen LogP contribution in [-0.2, 0) is 4.74 Å². The number of nitrogens with one attached hydrogen (secondary N) is 1. The predicted molar refractivity (Wildman–Crippen MR) is 42.3 cm³/mol. The zero-order valence-electron chi connectivity index (χ0n) is 6.89. The molecule has 3 nitrogen and oxygen atoms in total. The zero-order valence-corrected chi connectivity index (χ0v) is 6.89. The van der Waals surface area contributed by atoms with Gasteiger partial charge in [0, 0.05) is 0 Å². The van der Waals surface area contributed by atoms with Gasteiger partial charge in [0.1, 0.15) is 5.60 Å². The normalized spacial score (nSPS) is 27.5. The fourth-order valence-electron chi connectivity index (χ4n) is 1.16. The third kappa shape index (κ3) is 1.53. The van der Waals surface area contributed by atoms with Gasteiger partial charge in [-0.1, -0.05) is 6.08 Å². The Balaban J connectivity index is 2.65. The maximum absolute atomic E-state index is 10.8. The van der Waals surface area contributed by atoms with Crippen LogP contribution in [0.15, 0.2) is 12.7 Å². The molecule has 1 fully saturated rings. The second-order valence-electron chi connectivity index (χ2n) is 3.21. The van der Waals surface area contributed by atoms with Gasteiger partial charge in [0.25, 0.3) is 0 Å². The zero-order chi connectivity index (χ0) is 8.48. The summed E-state index contributed by atoms with van der Waals surface area (Å²) in [4.78, 5) is 10.8. The van der Waals surface area contributed by atoms with E-state index < -0.39 is 5.60 Å². The molecular formula is C8H13NO2. The van der Waals surface area contributed by atoms with Crippen molar-refractivity contribution in [2.24, 2.45) is 0 Å². The number of hydrogen-bond acceptors (Lipinski definition) is 2. The van der Waals surface area contributed by atoms with Gasteiger partial charge in [-0.3, -0.25) is 0 Å². The summed E-state index contributed by atoms with van der Waals surface area (Å²) in [6, 6.07) is 0.0625. The quantitative estimate of drug-likeness (QED) is 0.613. The van der Waals surface area contributed by atoms with Gasteiger partial charge in [-0.15, -0.1) is 6.58 Å². The fourth-order valence-corrected chi connectivity index (χ4v) is 1.16. The lowest BCUT2D eigenvalue weighted by atomic mass is 9.97. The molecule has 1 aliphatic rings. The van der Waals surface area contributed by atoms with Crippen LogP contribution in [0.4, 0.5) is 4.79 Å². The first-order chi connectivity index (χ1) is 5.06. The molecule has 1 amide bonds. The third-order valence-electron chi connectivity index (χ3n) is 1.89. The largest absolute Gasteiger partial charge is 0.441 e. The van der Waals surface area contributed by atoms with Crippen LogP contribution in [0.5, 0.6) is 0 Å². The Morgan fingerprint density at radius 3 is 2.82 bits per heavy atom. The summed E-state index contributed by atoms with van der Waals surface area (Å²) < 4.78 is 5.02. The second-order valence-corrected chi connectivity index (χ2v) is 3.21. The molecule has 0 aromatic rings. The number of amides is 1. The Morgan fingerprint density at radius 1 is 1.82 bits per heavy atom. The molecule has 11 heavy (non-hydrogen) atoms. The third-order valence-corrected chi connectivity index (χ3v) is 1.89. The minimum absolute atomic E-state index is 0.0625. The van der Waals surface area contributed by atoms with Crippen molar-refractivity contribution < 1.29 is 9.53 Å². The summed E-state index contributed by atoms with van der Waals surface area (Å²) in [5.74, 6) is 0. The Bertz CT molecular complexity index is 187. The molecule has 3 heteroatoms.